The zero-order valence-electron chi connectivity index (χ0n) is 12.1. The standard InChI is InChI=1S/C18H15BrNO.BrH/c1-13-6-8-14(9-7-13)18(21)12-20-11-16(19)10-15-4-2-3-5-17(15)20;/h2-11H,12H2,1H3;1H/q+1;. The summed E-state index contributed by atoms with van der Waals surface area (Å²) < 4.78 is 2.96. The number of hydrogen-bond donors (Lipinski definition) is 0. The van der Waals surface area contributed by atoms with Crippen LogP contribution in [0, 0.1) is 6.92 Å². The topological polar surface area (TPSA) is 20.9 Å². The van der Waals surface area contributed by atoms with Crippen molar-refractivity contribution < 1.29 is 9.36 Å². The highest BCUT2D eigenvalue weighted by Gasteiger charge is 2.16. The Kier molecular flexibility index (Phi) is 5.48. The van der Waals surface area contributed by atoms with Crippen LogP contribution in [-0.4, -0.2) is 5.78 Å². The van der Waals surface area contributed by atoms with Gasteiger partial charge in [0, 0.05) is 17.0 Å². The van der Waals surface area contributed by atoms with Gasteiger partial charge in [-0.1, -0.05) is 42.0 Å². The number of nitrogens with zero attached hydrogens (tertiary/aromatic N) is 1. The summed E-state index contributed by atoms with van der Waals surface area (Å²) in [7, 11) is 0. The lowest BCUT2D eigenvalue weighted by Gasteiger charge is -2.03. The summed E-state index contributed by atoms with van der Waals surface area (Å²) in [6.07, 6.45) is 1.95. The first-order valence-electron chi connectivity index (χ1n) is 6.81. The number of carbonyl (C=O) groups excluding carboxylic acids is 1. The molecule has 0 fully saturated rings. The molecule has 0 amide bonds. The highest BCUT2D eigenvalue weighted by molar-refractivity contribution is 9.10. The molecule has 112 valence electrons. The molecule has 22 heavy (non-hydrogen) atoms. The quantitative estimate of drug-likeness (QED) is 0.445. The lowest BCUT2D eigenvalue weighted by molar-refractivity contribution is -0.657. The van der Waals surface area contributed by atoms with E-state index < -0.39 is 0 Å². The van der Waals surface area contributed by atoms with E-state index in [4.69, 9.17) is 0 Å². The molecule has 0 saturated heterocycles. The Hall–Kier alpha value is -1.52. The summed E-state index contributed by atoms with van der Waals surface area (Å²) in [4.78, 5) is 12.4. The van der Waals surface area contributed by atoms with E-state index in [1.165, 1.54) is 0 Å². The van der Waals surface area contributed by atoms with Crippen LogP contribution in [0.1, 0.15) is 15.9 Å². The fraction of sp³-hybridized carbons (Fsp3) is 0.111. The maximum absolute atomic E-state index is 12.4. The van der Waals surface area contributed by atoms with Gasteiger partial charge in [-0.3, -0.25) is 4.79 Å². The third kappa shape index (κ3) is 3.62. The van der Waals surface area contributed by atoms with Gasteiger partial charge < -0.3 is 0 Å². The van der Waals surface area contributed by atoms with Gasteiger partial charge in [-0.2, -0.15) is 4.57 Å². The van der Waals surface area contributed by atoms with Crippen molar-refractivity contribution in [2.45, 2.75) is 13.5 Å². The molecule has 2 aromatic carbocycles. The largest absolute Gasteiger partial charge is 0.287 e. The average molecular weight is 422 g/mol. The minimum absolute atomic E-state index is 0. The molecule has 1 heterocycles. The van der Waals surface area contributed by atoms with E-state index in [1.54, 1.807) is 0 Å². The average Bonchev–Trinajstić information content (AvgIpc) is 2.47. The van der Waals surface area contributed by atoms with E-state index in [2.05, 4.69) is 22.0 Å². The molecule has 0 atom stereocenters. The Morgan fingerprint density at radius 1 is 1.09 bits per heavy atom. The van der Waals surface area contributed by atoms with Crippen LogP contribution in [0.5, 0.6) is 0 Å². The Morgan fingerprint density at radius 3 is 2.50 bits per heavy atom. The third-order valence-corrected chi connectivity index (χ3v) is 3.94. The smallest absolute Gasteiger partial charge is 0.227 e. The minimum Gasteiger partial charge on any atom is -0.287 e. The van der Waals surface area contributed by atoms with Crippen molar-refractivity contribution in [1.82, 2.24) is 0 Å². The number of fused-ring (bicyclic) bond motifs is 1. The first-order chi connectivity index (χ1) is 10.1. The summed E-state index contributed by atoms with van der Waals surface area (Å²) in [5.41, 5.74) is 2.96. The van der Waals surface area contributed by atoms with Gasteiger partial charge in [-0.05, 0) is 35.0 Å². The maximum Gasteiger partial charge on any atom is 0.227 e. The van der Waals surface area contributed by atoms with Crippen LogP contribution < -0.4 is 4.57 Å². The predicted octanol–water partition coefficient (Wildman–Crippen LogP) is 4.66. The van der Waals surface area contributed by atoms with Crippen molar-refractivity contribution >= 4 is 49.6 Å². The van der Waals surface area contributed by atoms with Gasteiger partial charge in [0.1, 0.15) is 0 Å². The van der Waals surface area contributed by atoms with Crippen molar-refractivity contribution in [3.05, 3.63) is 76.4 Å². The molecular weight excluding hydrogens is 406 g/mol. The molecule has 0 saturated carbocycles. The van der Waals surface area contributed by atoms with E-state index in [9.17, 15) is 4.79 Å². The Balaban J connectivity index is 0.00000176. The fourth-order valence-corrected chi connectivity index (χ4v) is 2.89. The number of aromatic nitrogens is 1. The number of ketones is 1. The third-order valence-electron chi connectivity index (χ3n) is 3.51. The highest BCUT2D eigenvalue weighted by Crippen LogP contribution is 2.16. The van der Waals surface area contributed by atoms with Crippen LogP contribution in [-0.2, 0) is 6.54 Å². The lowest BCUT2D eigenvalue weighted by atomic mass is 10.1. The molecule has 0 spiro atoms. The molecule has 0 unspecified atom stereocenters. The van der Waals surface area contributed by atoms with Gasteiger partial charge in [-0.25, -0.2) is 0 Å². The molecule has 3 aromatic rings. The van der Waals surface area contributed by atoms with E-state index in [-0.39, 0.29) is 22.8 Å². The summed E-state index contributed by atoms with van der Waals surface area (Å²) in [6, 6.07) is 17.8. The summed E-state index contributed by atoms with van der Waals surface area (Å²) in [6.45, 7) is 2.35. The zero-order valence-corrected chi connectivity index (χ0v) is 15.4. The monoisotopic (exact) mass is 420 g/mol. The molecular formula is C18H16Br2NO+. The maximum atomic E-state index is 12.4. The molecule has 3 rings (SSSR count). The number of carbonyl (C=O) groups is 1. The van der Waals surface area contributed by atoms with E-state index in [0.717, 1.165) is 26.5 Å². The number of rotatable bonds is 3. The van der Waals surface area contributed by atoms with Gasteiger partial charge >= 0.3 is 0 Å². The Labute approximate surface area is 148 Å². The van der Waals surface area contributed by atoms with Crippen LogP contribution in [0.3, 0.4) is 0 Å². The number of aryl methyl sites for hydroxylation is 1. The number of para-hydroxylation sites is 1. The first-order valence-corrected chi connectivity index (χ1v) is 7.60. The molecule has 4 heteroatoms. The molecule has 0 aliphatic heterocycles. The second-order valence-corrected chi connectivity index (χ2v) is 6.05. The number of Topliss-reactive ketones (excluding diaryl/α,β-unsaturated/α-hetero) is 1. The number of benzene rings is 2. The van der Waals surface area contributed by atoms with Crippen molar-refractivity contribution in [1.29, 1.82) is 0 Å². The molecule has 2 nitrogen and oxygen atoms in total. The number of halogens is 2. The molecule has 0 aliphatic rings. The van der Waals surface area contributed by atoms with Crippen molar-refractivity contribution in [2.24, 2.45) is 0 Å². The Bertz CT molecular complexity index is 813. The molecule has 1 aromatic heterocycles. The number of pyridine rings is 1. The second-order valence-electron chi connectivity index (χ2n) is 5.13. The SMILES string of the molecule is Br.Cc1ccc(C(=O)C[n+]2cc(Br)cc3ccccc32)cc1. The summed E-state index contributed by atoms with van der Waals surface area (Å²) in [5.74, 6) is 0.114. The van der Waals surface area contributed by atoms with Crippen molar-refractivity contribution in [3.8, 4) is 0 Å². The summed E-state index contributed by atoms with van der Waals surface area (Å²) in [5, 5.41) is 1.11. The van der Waals surface area contributed by atoms with Crippen molar-refractivity contribution in [2.75, 3.05) is 0 Å². The molecule has 0 N–H and O–H groups in total. The van der Waals surface area contributed by atoms with Crippen molar-refractivity contribution in [3.63, 3.8) is 0 Å². The van der Waals surface area contributed by atoms with Gasteiger partial charge in [-0.15, -0.1) is 17.0 Å². The van der Waals surface area contributed by atoms with Crippen LogP contribution in [0.2, 0.25) is 0 Å². The van der Waals surface area contributed by atoms with Gasteiger partial charge in [0.05, 0.1) is 4.47 Å². The Morgan fingerprint density at radius 2 is 1.77 bits per heavy atom. The summed E-state index contributed by atoms with van der Waals surface area (Å²) >= 11 is 3.51. The van der Waals surface area contributed by atoms with Crippen LogP contribution in [0.4, 0.5) is 0 Å². The second kappa shape index (κ2) is 7.16. The van der Waals surface area contributed by atoms with Gasteiger partial charge in [0.15, 0.2) is 6.20 Å². The molecule has 0 radical (unpaired) electrons. The lowest BCUT2D eigenvalue weighted by Crippen LogP contribution is -2.38. The predicted molar refractivity (Wildman–Crippen MR) is 97.7 cm³/mol. The zero-order chi connectivity index (χ0) is 14.8. The molecule has 0 bridgehead atoms. The van der Waals surface area contributed by atoms with Gasteiger partial charge in [0.2, 0.25) is 17.8 Å². The number of hydrogen-bond acceptors (Lipinski definition) is 1. The van der Waals surface area contributed by atoms with Crippen LogP contribution in [0.15, 0.2) is 65.3 Å². The fourth-order valence-electron chi connectivity index (χ4n) is 2.39. The van der Waals surface area contributed by atoms with Crippen LogP contribution in [0.25, 0.3) is 10.9 Å². The van der Waals surface area contributed by atoms with E-state index in [0.29, 0.717) is 6.54 Å². The van der Waals surface area contributed by atoms with E-state index in [1.807, 2.05) is 66.2 Å². The first kappa shape index (κ1) is 16.8. The normalized spacial score (nSPS) is 10.3. The minimum atomic E-state index is 0. The molecule has 0 aliphatic carbocycles. The van der Waals surface area contributed by atoms with Crippen LogP contribution >= 0.6 is 32.9 Å². The van der Waals surface area contributed by atoms with E-state index >= 15 is 0 Å². The van der Waals surface area contributed by atoms with Gasteiger partial charge in [0.25, 0.3) is 0 Å². The highest BCUT2D eigenvalue weighted by atomic mass is 79.9.